The Morgan fingerprint density at radius 3 is 2.36 bits per heavy atom. The van der Waals surface area contributed by atoms with Gasteiger partial charge in [-0.25, -0.2) is 14.0 Å². The van der Waals surface area contributed by atoms with Crippen molar-refractivity contribution in [1.29, 1.82) is 0 Å². The molecule has 142 valence electrons. The highest BCUT2D eigenvalue weighted by atomic mass is 19.1. The van der Waals surface area contributed by atoms with E-state index in [4.69, 9.17) is 10.2 Å². The van der Waals surface area contributed by atoms with E-state index in [1.807, 2.05) is 30.3 Å². The lowest BCUT2D eigenvalue weighted by molar-refractivity contribution is 0.0677. The van der Waals surface area contributed by atoms with E-state index in [-0.39, 0.29) is 11.4 Å². The molecule has 0 aliphatic rings. The number of nitrogens with one attached hydrogen (secondary N) is 1. The molecule has 2 aromatic carbocycles. The quantitative estimate of drug-likeness (QED) is 0.500. The summed E-state index contributed by atoms with van der Waals surface area (Å²) in [4.78, 5) is 21.4. The average molecular weight is 382 g/mol. The summed E-state index contributed by atoms with van der Waals surface area (Å²) in [6.45, 7) is 0. The Morgan fingerprint density at radius 1 is 1.04 bits per heavy atom. The van der Waals surface area contributed by atoms with Crippen LogP contribution in [0.5, 0.6) is 0 Å². The van der Waals surface area contributed by atoms with Crippen molar-refractivity contribution in [3.05, 3.63) is 71.8 Å². The van der Waals surface area contributed by atoms with Gasteiger partial charge in [0, 0.05) is 18.0 Å². The first-order valence-electron chi connectivity index (χ1n) is 8.06. The van der Waals surface area contributed by atoms with Crippen molar-refractivity contribution in [3.8, 4) is 11.3 Å². The number of carboxylic acids is 2. The van der Waals surface area contributed by atoms with E-state index in [0.717, 1.165) is 5.56 Å². The Bertz CT molecular complexity index is 1150. The van der Waals surface area contributed by atoms with Gasteiger partial charge in [-0.1, -0.05) is 30.3 Å². The van der Waals surface area contributed by atoms with Crippen molar-refractivity contribution in [2.75, 3.05) is 0 Å². The van der Waals surface area contributed by atoms with Gasteiger partial charge in [0.1, 0.15) is 11.5 Å². The standard InChI is InChI=1S/C11H10N2O2.C8H5FN2O2/c1-13-10(11(14)15)7-9(12-13)8-5-3-2-4-6-8;9-4-1-2-5-6(3-4)10-11-7(5)8(12)13/h2-7H,1H3,(H,14,15);1-3H,(H,10,11)(H,12,13). The van der Waals surface area contributed by atoms with Crippen LogP contribution in [0.1, 0.15) is 21.0 Å². The number of aryl methyl sites for hydroxylation is 1. The second-order valence-electron chi connectivity index (χ2n) is 5.78. The van der Waals surface area contributed by atoms with Gasteiger partial charge in [0.25, 0.3) is 0 Å². The molecule has 9 heteroatoms. The van der Waals surface area contributed by atoms with Crippen molar-refractivity contribution in [2.45, 2.75) is 0 Å². The number of fused-ring (bicyclic) bond motifs is 1. The van der Waals surface area contributed by atoms with Crippen LogP contribution in [0, 0.1) is 5.82 Å². The number of carboxylic acid groups (broad SMARTS) is 2. The fraction of sp³-hybridized carbons (Fsp3) is 0.0526. The number of aromatic amines is 1. The molecule has 0 aliphatic heterocycles. The lowest BCUT2D eigenvalue weighted by atomic mass is 10.1. The molecule has 2 heterocycles. The molecular weight excluding hydrogens is 367 g/mol. The number of rotatable bonds is 3. The molecule has 0 spiro atoms. The summed E-state index contributed by atoms with van der Waals surface area (Å²) in [5.74, 6) is -2.52. The molecule has 0 unspecified atom stereocenters. The summed E-state index contributed by atoms with van der Waals surface area (Å²) in [6, 6.07) is 14.8. The fourth-order valence-electron chi connectivity index (χ4n) is 2.57. The summed E-state index contributed by atoms with van der Waals surface area (Å²) in [5, 5.41) is 28.1. The van der Waals surface area contributed by atoms with Gasteiger partial charge in [0.2, 0.25) is 0 Å². The van der Waals surface area contributed by atoms with Crippen LogP contribution in [0.2, 0.25) is 0 Å². The third-order valence-electron chi connectivity index (χ3n) is 3.90. The van der Waals surface area contributed by atoms with Gasteiger partial charge in [-0.2, -0.15) is 10.2 Å². The molecule has 0 aliphatic carbocycles. The number of H-pyrrole nitrogens is 1. The molecule has 0 radical (unpaired) electrons. The van der Waals surface area contributed by atoms with Gasteiger partial charge < -0.3 is 10.2 Å². The van der Waals surface area contributed by atoms with Crippen LogP contribution in [0.25, 0.3) is 22.2 Å². The highest BCUT2D eigenvalue weighted by molar-refractivity contribution is 6.00. The Hall–Kier alpha value is -4.01. The number of hydrogen-bond acceptors (Lipinski definition) is 4. The number of hydrogen-bond donors (Lipinski definition) is 3. The third kappa shape index (κ3) is 3.88. The summed E-state index contributed by atoms with van der Waals surface area (Å²) >= 11 is 0. The summed E-state index contributed by atoms with van der Waals surface area (Å²) in [6.07, 6.45) is 0. The summed E-state index contributed by atoms with van der Waals surface area (Å²) < 4.78 is 14.0. The maximum atomic E-state index is 12.7. The summed E-state index contributed by atoms with van der Waals surface area (Å²) in [7, 11) is 1.62. The molecule has 0 saturated heterocycles. The average Bonchev–Trinajstić information content (AvgIpc) is 3.26. The second-order valence-corrected chi connectivity index (χ2v) is 5.78. The second kappa shape index (κ2) is 7.70. The highest BCUT2D eigenvalue weighted by Gasteiger charge is 2.13. The van der Waals surface area contributed by atoms with Crippen molar-refractivity contribution < 1.29 is 24.2 Å². The smallest absolute Gasteiger partial charge is 0.357 e. The number of aromatic nitrogens is 4. The molecule has 0 fully saturated rings. The Kier molecular flexibility index (Phi) is 5.16. The van der Waals surface area contributed by atoms with Gasteiger partial charge >= 0.3 is 11.9 Å². The zero-order valence-electron chi connectivity index (χ0n) is 14.6. The van der Waals surface area contributed by atoms with Crippen LogP contribution in [0.3, 0.4) is 0 Å². The van der Waals surface area contributed by atoms with Crippen LogP contribution in [0.15, 0.2) is 54.6 Å². The van der Waals surface area contributed by atoms with E-state index in [1.165, 1.54) is 22.9 Å². The van der Waals surface area contributed by atoms with Crippen LogP contribution in [0.4, 0.5) is 4.39 Å². The van der Waals surface area contributed by atoms with E-state index < -0.39 is 17.8 Å². The normalized spacial score (nSPS) is 10.4. The number of aromatic carboxylic acids is 2. The van der Waals surface area contributed by atoms with Gasteiger partial charge in [0.15, 0.2) is 5.69 Å². The third-order valence-corrected chi connectivity index (χ3v) is 3.90. The van der Waals surface area contributed by atoms with Crippen molar-refractivity contribution >= 4 is 22.8 Å². The maximum Gasteiger partial charge on any atom is 0.357 e. The lowest BCUT2D eigenvalue weighted by Gasteiger charge is -1.93. The van der Waals surface area contributed by atoms with Crippen LogP contribution < -0.4 is 0 Å². The predicted molar refractivity (Wildman–Crippen MR) is 98.6 cm³/mol. The van der Waals surface area contributed by atoms with Crippen LogP contribution in [-0.4, -0.2) is 42.1 Å². The van der Waals surface area contributed by atoms with Gasteiger partial charge in [0.05, 0.1) is 11.2 Å². The first-order valence-corrected chi connectivity index (χ1v) is 8.06. The van der Waals surface area contributed by atoms with E-state index in [1.54, 1.807) is 13.1 Å². The van der Waals surface area contributed by atoms with Crippen LogP contribution in [-0.2, 0) is 7.05 Å². The fourth-order valence-corrected chi connectivity index (χ4v) is 2.57. The Balaban J connectivity index is 0.000000162. The monoisotopic (exact) mass is 382 g/mol. The first kappa shape index (κ1) is 18.8. The first-order chi connectivity index (χ1) is 13.4. The SMILES string of the molecule is Cn1nc(-c2ccccc2)cc1C(=O)O.O=C(O)c1n[nH]c2cc(F)ccc12. The van der Waals surface area contributed by atoms with Gasteiger partial charge in [-0.05, 0) is 24.3 Å². The zero-order chi connectivity index (χ0) is 20.3. The molecule has 0 bridgehead atoms. The number of halogens is 1. The Labute approximate surface area is 157 Å². The highest BCUT2D eigenvalue weighted by Crippen LogP contribution is 2.18. The molecule has 2 aromatic heterocycles. The van der Waals surface area contributed by atoms with E-state index >= 15 is 0 Å². The zero-order valence-corrected chi connectivity index (χ0v) is 14.6. The Morgan fingerprint density at radius 2 is 1.75 bits per heavy atom. The number of carbonyl (C=O) groups is 2. The topological polar surface area (TPSA) is 121 Å². The minimum atomic E-state index is -1.13. The molecule has 0 saturated carbocycles. The van der Waals surface area contributed by atoms with Crippen molar-refractivity contribution in [1.82, 2.24) is 20.0 Å². The van der Waals surface area contributed by atoms with Crippen LogP contribution >= 0.6 is 0 Å². The molecule has 28 heavy (non-hydrogen) atoms. The molecular formula is C19H15FN4O4. The lowest BCUT2D eigenvalue weighted by Crippen LogP contribution is -2.04. The molecule has 4 aromatic rings. The minimum Gasteiger partial charge on any atom is -0.477 e. The van der Waals surface area contributed by atoms with Gasteiger partial charge in [-0.3, -0.25) is 9.78 Å². The van der Waals surface area contributed by atoms with E-state index in [9.17, 15) is 14.0 Å². The van der Waals surface area contributed by atoms with E-state index in [2.05, 4.69) is 15.3 Å². The predicted octanol–water partition coefficient (Wildman–Crippen LogP) is 3.19. The number of benzene rings is 2. The number of nitrogens with zero attached hydrogens (tertiary/aromatic N) is 3. The van der Waals surface area contributed by atoms with Gasteiger partial charge in [-0.15, -0.1) is 0 Å². The van der Waals surface area contributed by atoms with E-state index in [0.29, 0.717) is 16.6 Å². The molecule has 3 N–H and O–H groups in total. The minimum absolute atomic E-state index is 0.0880. The molecule has 0 amide bonds. The molecule has 8 nitrogen and oxygen atoms in total. The maximum absolute atomic E-state index is 12.7. The van der Waals surface area contributed by atoms with Crippen molar-refractivity contribution in [2.24, 2.45) is 7.05 Å². The summed E-state index contributed by atoms with van der Waals surface area (Å²) in [5.41, 5.74) is 2.08. The molecule has 4 rings (SSSR count). The molecule has 0 atom stereocenters. The largest absolute Gasteiger partial charge is 0.477 e. The van der Waals surface area contributed by atoms with Crippen molar-refractivity contribution in [3.63, 3.8) is 0 Å².